The van der Waals surface area contributed by atoms with Gasteiger partial charge in [-0.15, -0.1) is 11.3 Å². The van der Waals surface area contributed by atoms with E-state index in [0.29, 0.717) is 39.2 Å². The maximum absolute atomic E-state index is 15.3. The van der Waals surface area contributed by atoms with E-state index in [1.165, 1.54) is 12.5 Å². The Hall–Kier alpha value is -4.44. The van der Waals surface area contributed by atoms with Gasteiger partial charge in [-0.3, -0.25) is 19.9 Å². The molecule has 10 heteroatoms. The van der Waals surface area contributed by atoms with Crippen LogP contribution >= 0.6 is 11.3 Å². The summed E-state index contributed by atoms with van der Waals surface area (Å²) in [5.74, 6) is 0.168. The third-order valence-electron chi connectivity index (χ3n) is 7.32. The first-order valence-electron chi connectivity index (χ1n) is 13.0. The molecule has 8 nitrogen and oxygen atoms in total. The van der Waals surface area contributed by atoms with E-state index in [-0.39, 0.29) is 11.8 Å². The molecule has 3 N–H and O–H groups in total. The van der Waals surface area contributed by atoms with Crippen molar-refractivity contribution in [3.63, 3.8) is 0 Å². The van der Waals surface area contributed by atoms with Gasteiger partial charge >= 0.3 is 0 Å². The van der Waals surface area contributed by atoms with E-state index in [9.17, 15) is 4.79 Å². The van der Waals surface area contributed by atoms with Gasteiger partial charge in [0.1, 0.15) is 22.7 Å². The number of imidazole rings is 1. The number of aromatic nitrogens is 6. The zero-order valence-corrected chi connectivity index (χ0v) is 21.7. The van der Waals surface area contributed by atoms with Crippen molar-refractivity contribution < 1.29 is 9.18 Å². The number of benzene rings is 1. The second-order valence-corrected chi connectivity index (χ2v) is 10.8. The third kappa shape index (κ3) is 4.36. The molecule has 194 valence electrons. The standard InChI is InChI=1S/C29H24FN7OS/c30-21-13-23-20(12-19(21)17-11-18(15-31-14-17)33-29(38)16-5-2-1-3-6-16)25(37-36-23)28-34-22-8-9-32-27(26(22)35-28)24-7-4-10-39-24/h4,7-16H,1-3,5-6H2,(H,33,38)(H,34,35)(H,36,37). The summed E-state index contributed by atoms with van der Waals surface area (Å²) in [6.07, 6.45) is 10.1. The zero-order valence-electron chi connectivity index (χ0n) is 20.9. The molecule has 5 heterocycles. The van der Waals surface area contributed by atoms with Crippen LogP contribution in [0.2, 0.25) is 0 Å². The summed E-state index contributed by atoms with van der Waals surface area (Å²) >= 11 is 1.60. The number of pyridine rings is 2. The van der Waals surface area contributed by atoms with Gasteiger partial charge in [0.25, 0.3) is 0 Å². The SMILES string of the molecule is O=C(Nc1cncc(-c2cc3c(-c4nc5c(-c6cccs6)nccc5[nH]4)n[nH]c3cc2F)c1)C1CCCCC1. The molecule has 0 atom stereocenters. The lowest BCUT2D eigenvalue weighted by Gasteiger charge is -2.20. The van der Waals surface area contributed by atoms with Crippen molar-refractivity contribution in [2.75, 3.05) is 5.32 Å². The van der Waals surface area contributed by atoms with Gasteiger partial charge < -0.3 is 10.3 Å². The monoisotopic (exact) mass is 537 g/mol. The number of hydrogen-bond donors (Lipinski definition) is 3. The Morgan fingerprint density at radius 2 is 1.95 bits per heavy atom. The van der Waals surface area contributed by atoms with E-state index >= 15 is 4.39 Å². The topological polar surface area (TPSA) is 112 Å². The van der Waals surface area contributed by atoms with Crippen LogP contribution in [0.15, 0.2) is 60.4 Å². The highest BCUT2D eigenvalue weighted by Gasteiger charge is 2.22. The normalized spacial score (nSPS) is 14.3. The molecular weight excluding hydrogens is 513 g/mol. The molecule has 1 fully saturated rings. The first-order valence-corrected chi connectivity index (χ1v) is 13.8. The number of rotatable bonds is 5. The van der Waals surface area contributed by atoms with Crippen LogP contribution in [0, 0.1) is 11.7 Å². The lowest BCUT2D eigenvalue weighted by Crippen LogP contribution is -2.24. The van der Waals surface area contributed by atoms with Gasteiger partial charge in [0.2, 0.25) is 5.91 Å². The minimum atomic E-state index is -0.413. The molecule has 1 aromatic carbocycles. The van der Waals surface area contributed by atoms with E-state index in [4.69, 9.17) is 4.98 Å². The average molecular weight is 538 g/mol. The van der Waals surface area contributed by atoms with Gasteiger partial charge in [0.15, 0.2) is 5.82 Å². The first kappa shape index (κ1) is 23.7. The summed E-state index contributed by atoms with van der Waals surface area (Å²) in [6, 6.07) is 10.8. The Balaban J connectivity index is 1.25. The molecule has 39 heavy (non-hydrogen) atoms. The molecule has 5 aromatic heterocycles. The van der Waals surface area contributed by atoms with Gasteiger partial charge in [0.05, 0.1) is 27.8 Å². The van der Waals surface area contributed by atoms with Crippen molar-refractivity contribution in [1.29, 1.82) is 0 Å². The van der Waals surface area contributed by atoms with Crippen molar-refractivity contribution in [2.24, 2.45) is 5.92 Å². The fourth-order valence-electron chi connectivity index (χ4n) is 5.35. The van der Waals surface area contributed by atoms with Crippen LogP contribution < -0.4 is 5.32 Å². The van der Waals surface area contributed by atoms with Crippen LogP contribution in [0.25, 0.3) is 55.2 Å². The number of fused-ring (bicyclic) bond motifs is 2. The van der Waals surface area contributed by atoms with Gasteiger partial charge in [-0.2, -0.15) is 5.10 Å². The number of H-pyrrole nitrogens is 2. The summed E-state index contributed by atoms with van der Waals surface area (Å²) in [7, 11) is 0. The molecular formula is C29H24FN7OS. The Kier molecular flexibility index (Phi) is 5.89. The molecule has 0 radical (unpaired) electrons. The van der Waals surface area contributed by atoms with Crippen LogP contribution in [0.5, 0.6) is 0 Å². The number of carbonyl (C=O) groups excluding carboxylic acids is 1. The second kappa shape index (κ2) is 9.70. The Labute approximate surface area is 226 Å². The van der Waals surface area contributed by atoms with Crippen LogP contribution in [0.1, 0.15) is 32.1 Å². The summed E-state index contributed by atoms with van der Waals surface area (Å²) < 4.78 is 15.3. The van der Waals surface area contributed by atoms with E-state index < -0.39 is 5.82 Å². The summed E-state index contributed by atoms with van der Waals surface area (Å²) in [5, 5.41) is 13.1. The number of hydrogen-bond acceptors (Lipinski definition) is 6. The summed E-state index contributed by atoms with van der Waals surface area (Å²) in [4.78, 5) is 30.8. The second-order valence-electron chi connectivity index (χ2n) is 9.85. The zero-order chi connectivity index (χ0) is 26.3. The van der Waals surface area contributed by atoms with Gasteiger partial charge in [-0.25, -0.2) is 9.37 Å². The fraction of sp³-hybridized carbons (Fsp3) is 0.207. The lowest BCUT2D eigenvalue weighted by molar-refractivity contribution is -0.120. The number of amides is 1. The Morgan fingerprint density at radius 1 is 1.05 bits per heavy atom. The minimum Gasteiger partial charge on any atom is -0.336 e. The maximum atomic E-state index is 15.3. The summed E-state index contributed by atoms with van der Waals surface area (Å²) in [6.45, 7) is 0. The van der Waals surface area contributed by atoms with E-state index in [0.717, 1.165) is 47.3 Å². The van der Waals surface area contributed by atoms with Gasteiger partial charge in [-0.1, -0.05) is 25.3 Å². The predicted octanol–water partition coefficient (Wildman–Crippen LogP) is 6.95. The molecule has 1 aliphatic carbocycles. The van der Waals surface area contributed by atoms with Crippen LogP contribution in [0.3, 0.4) is 0 Å². The Morgan fingerprint density at radius 3 is 2.79 bits per heavy atom. The minimum absolute atomic E-state index is 0.00277. The first-order chi connectivity index (χ1) is 19.1. The van der Waals surface area contributed by atoms with Crippen LogP contribution in [-0.2, 0) is 4.79 Å². The maximum Gasteiger partial charge on any atom is 0.227 e. The molecule has 0 unspecified atom stereocenters. The number of nitrogens with one attached hydrogen (secondary N) is 3. The molecule has 1 aliphatic rings. The van der Waals surface area contributed by atoms with Crippen molar-refractivity contribution in [2.45, 2.75) is 32.1 Å². The highest BCUT2D eigenvalue weighted by atomic mass is 32.1. The largest absolute Gasteiger partial charge is 0.336 e. The van der Waals surface area contributed by atoms with Crippen LogP contribution in [0.4, 0.5) is 10.1 Å². The Bertz CT molecular complexity index is 1820. The quantitative estimate of drug-likeness (QED) is 0.220. The molecule has 0 bridgehead atoms. The lowest BCUT2D eigenvalue weighted by atomic mass is 9.88. The number of thiophene rings is 1. The summed E-state index contributed by atoms with van der Waals surface area (Å²) in [5.41, 5.74) is 5.01. The van der Waals surface area contributed by atoms with Crippen molar-refractivity contribution in [1.82, 2.24) is 30.1 Å². The molecule has 6 aromatic rings. The highest BCUT2D eigenvalue weighted by molar-refractivity contribution is 7.13. The number of aromatic amines is 2. The van der Waals surface area contributed by atoms with E-state index in [2.05, 4.69) is 30.5 Å². The molecule has 0 aliphatic heterocycles. The molecule has 0 saturated heterocycles. The number of halogens is 1. The van der Waals surface area contributed by atoms with Crippen molar-refractivity contribution in [3.05, 3.63) is 66.2 Å². The molecule has 7 rings (SSSR count). The van der Waals surface area contributed by atoms with Crippen molar-refractivity contribution >= 4 is 44.9 Å². The highest BCUT2D eigenvalue weighted by Crippen LogP contribution is 2.35. The van der Waals surface area contributed by atoms with E-state index in [1.807, 2.05) is 23.6 Å². The fourth-order valence-corrected chi connectivity index (χ4v) is 6.07. The molecule has 1 amide bonds. The van der Waals surface area contributed by atoms with Gasteiger partial charge in [0, 0.05) is 40.9 Å². The number of nitrogens with zero attached hydrogens (tertiary/aromatic N) is 4. The third-order valence-corrected chi connectivity index (χ3v) is 8.20. The van der Waals surface area contributed by atoms with E-state index in [1.54, 1.807) is 42.1 Å². The molecule has 1 saturated carbocycles. The van der Waals surface area contributed by atoms with Crippen molar-refractivity contribution in [3.8, 4) is 33.2 Å². The van der Waals surface area contributed by atoms with Gasteiger partial charge in [-0.05, 0) is 42.5 Å². The number of anilines is 1. The number of carbonyl (C=O) groups is 1. The average Bonchev–Trinajstić information content (AvgIpc) is 3.72. The smallest absolute Gasteiger partial charge is 0.227 e. The van der Waals surface area contributed by atoms with Crippen LogP contribution in [-0.4, -0.2) is 36.0 Å². The predicted molar refractivity (Wildman–Crippen MR) is 151 cm³/mol. The molecule has 0 spiro atoms.